The van der Waals surface area contributed by atoms with Gasteiger partial charge in [0.15, 0.2) is 0 Å². The van der Waals surface area contributed by atoms with E-state index in [1.807, 2.05) is 30.3 Å². The third kappa shape index (κ3) is 3.79. The van der Waals surface area contributed by atoms with Crippen molar-refractivity contribution in [3.05, 3.63) is 35.9 Å². The van der Waals surface area contributed by atoms with E-state index in [1.54, 1.807) is 0 Å². The molecule has 1 heterocycles. The Morgan fingerprint density at radius 2 is 2.30 bits per heavy atom. The summed E-state index contributed by atoms with van der Waals surface area (Å²) in [6.45, 7) is 0.741. The highest BCUT2D eigenvalue weighted by atomic mass is 16.6. The summed E-state index contributed by atoms with van der Waals surface area (Å²) < 4.78 is 0. The molecule has 0 aromatic heterocycles. The van der Waals surface area contributed by atoms with E-state index in [9.17, 15) is 9.90 Å². The number of nitrogens with one attached hydrogen (secondary N) is 2. The van der Waals surface area contributed by atoms with Crippen LogP contribution in [0.25, 0.3) is 0 Å². The summed E-state index contributed by atoms with van der Waals surface area (Å²) in [7, 11) is 1.48. The van der Waals surface area contributed by atoms with Crippen molar-refractivity contribution < 1.29 is 14.7 Å². The minimum absolute atomic E-state index is 0.138. The second kappa shape index (κ2) is 7.02. The lowest BCUT2D eigenvalue weighted by atomic mass is 10.1. The molecule has 2 unspecified atom stereocenters. The molecule has 1 aromatic rings. The number of rotatable bonds is 5. The summed E-state index contributed by atoms with van der Waals surface area (Å²) in [4.78, 5) is 16.6. The van der Waals surface area contributed by atoms with Crippen LogP contribution in [0.4, 0.5) is 0 Å². The van der Waals surface area contributed by atoms with Crippen molar-refractivity contribution in [3.63, 3.8) is 0 Å². The number of carbonyl (C=O) groups excluding carboxylic acids is 1. The van der Waals surface area contributed by atoms with Gasteiger partial charge in [-0.3, -0.25) is 4.79 Å². The first kappa shape index (κ1) is 14.5. The predicted octanol–water partition coefficient (Wildman–Crippen LogP) is 0.201. The van der Waals surface area contributed by atoms with E-state index in [-0.39, 0.29) is 18.5 Å². The van der Waals surface area contributed by atoms with Crippen LogP contribution in [0.5, 0.6) is 0 Å². The van der Waals surface area contributed by atoms with E-state index in [1.165, 1.54) is 7.11 Å². The van der Waals surface area contributed by atoms with Gasteiger partial charge >= 0.3 is 0 Å². The Kier molecular flexibility index (Phi) is 5.09. The SMILES string of the molecule is CON=C1CNC(C(=O)NCC(O)c2ccccc2)C1. The maximum absolute atomic E-state index is 12.0. The molecule has 6 heteroatoms. The molecule has 1 amide bonds. The molecular weight excluding hydrogens is 258 g/mol. The van der Waals surface area contributed by atoms with Crippen LogP contribution in [0.3, 0.4) is 0 Å². The largest absolute Gasteiger partial charge is 0.399 e. The summed E-state index contributed by atoms with van der Waals surface area (Å²) in [6, 6.07) is 8.93. The molecule has 1 aliphatic heterocycles. The second-order valence-electron chi connectivity index (χ2n) is 4.65. The molecule has 2 atom stereocenters. The third-order valence-electron chi connectivity index (χ3n) is 3.18. The van der Waals surface area contributed by atoms with Gasteiger partial charge in [0, 0.05) is 19.5 Å². The van der Waals surface area contributed by atoms with Gasteiger partial charge in [-0.1, -0.05) is 35.5 Å². The van der Waals surface area contributed by atoms with Gasteiger partial charge in [0.25, 0.3) is 0 Å². The fourth-order valence-corrected chi connectivity index (χ4v) is 2.12. The van der Waals surface area contributed by atoms with E-state index >= 15 is 0 Å². The first-order valence-electron chi connectivity index (χ1n) is 6.53. The summed E-state index contributed by atoms with van der Waals surface area (Å²) in [5, 5.41) is 19.6. The zero-order valence-electron chi connectivity index (χ0n) is 11.4. The van der Waals surface area contributed by atoms with Crippen LogP contribution in [-0.2, 0) is 9.63 Å². The van der Waals surface area contributed by atoms with Gasteiger partial charge in [-0.15, -0.1) is 0 Å². The zero-order chi connectivity index (χ0) is 14.4. The van der Waals surface area contributed by atoms with E-state index in [0.717, 1.165) is 11.3 Å². The molecule has 1 saturated heterocycles. The number of aliphatic hydroxyl groups is 1. The van der Waals surface area contributed by atoms with Crippen molar-refractivity contribution in [1.29, 1.82) is 0 Å². The Labute approximate surface area is 117 Å². The van der Waals surface area contributed by atoms with Crippen molar-refractivity contribution in [2.75, 3.05) is 20.2 Å². The summed E-state index contributed by atoms with van der Waals surface area (Å²) >= 11 is 0. The number of benzene rings is 1. The molecule has 0 radical (unpaired) electrons. The number of nitrogens with zero attached hydrogens (tertiary/aromatic N) is 1. The van der Waals surface area contributed by atoms with Gasteiger partial charge in [-0.25, -0.2) is 0 Å². The topological polar surface area (TPSA) is 83.0 Å². The Bertz CT molecular complexity index is 476. The molecule has 1 aromatic carbocycles. The lowest BCUT2D eigenvalue weighted by Gasteiger charge is -2.14. The molecule has 2 rings (SSSR count). The molecule has 20 heavy (non-hydrogen) atoms. The molecule has 1 aliphatic rings. The third-order valence-corrected chi connectivity index (χ3v) is 3.18. The van der Waals surface area contributed by atoms with Crippen molar-refractivity contribution in [3.8, 4) is 0 Å². The normalized spacial score (nSPS) is 21.7. The first-order valence-corrected chi connectivity index (χ1v) is 6.53. The molecule has 0 saturated carbocycles. The maximum atomic E-state index is 12.0. The number of aliphatic hydroxyl groups excluding tert-OH is 1. The standard InChI is InChI=1S/C14H19N3O3/c1-20-17-11-7-12(15-8-11)14(19)16-9-13(18)10-5-3-2-4-6-10/h2-6,12-13,15,18H,7-9H2,1H3,(H,16,19). The van der Waals surface area contributed by atoms with Crippen LogP contribution in [-0.4, -0.2) is 43.0 Å². The van der Waals surface area contributed by atoms with E-state index < -0.39 is 6.10 Å². The molecule has 108 valence electrons. The molecular formula is C14H19N3O3. The van der Waals surface area contributed by atoms with Gasteiger partial charge < -0.3 is 20.6 Å². The molecule has 0 bridgehead atoms. The van der Waals surface area contributed by atoms with Gasteiger partial charge in [0.05, 0.1) is 17.9 Å². The van der Waals surface area contributed by atoms with Crippen LogP contribution < -0.4 is 10.6 Å². The van der Waals surface area contributed by atoms with Crippen LogP contribution in [0.1, 0.15) is 18.1 Å². The lowest BCUT2D eigenvalue weighted by molar-refractivity contribution is -0.123. The quantitative estimate of drug-likeness (QED) is 0.671. The zero-order valence-corrected chi connectivity index (χ0v) is 11.4. The smallest absolute Gasteiger partial charge is 0.237 e. The van der Waals surface area contributed by atoms with Crippen LogP contribution in [0, 0.1) is 0 Å². The number of amides is 1. The summed E-state index contributed by atoms with van der Waals surface area (Å²) in [6.07, 6.45) is -0.171. The number of hydrogen-bond donors (Lipinski definition) is 3. The van der Waals surface area contributed by atoms with Gasteiger partial charge in [-0.05, 0) is 5.56 Å². The number of carbonyl (C=O) groups is 1. The van der Waals surface area contributed by atoms with E-state index in [2.05, 4.69) is 20.6 Å². The van der Waals surface area contributed by atoms with Gasteiger partial charge in [0.1, 0.15) is 7.11 Å². The van der Waals surface area contributed by atoms with Gasteiger partial charge in [0.2, 0.25) is 5.91 Å². The minimum Gasteiger partial charge on any atom is -0.399 e. The molecule has 0 spiro atoms. The monoisotopic (exact) mass is 277 g/mol. The van der Waals surface area contributed by atoms with Crippen LogP contribution >= 0.6 is 0 Å². The lowest BCUT2D eigenvalue weighted by Crippen LogP contribution is -2.41. The Morgan fingerprint density at radius 3 is 3.00 bits per heavy atom. The van der Waals surface area contributed by atoms with E-state index in [0.29, 0.717) is 13.0 Å². The predicted molar refractivity (Wildman–Crippen MR) is 75.3 cm³/mol. The minimum atomic E-state index is -0.700. The maximum Gasteiger partial charge on any atom is 0.237 e. The second-order valence-corrected chi connectivity index (χ2v) is 4.65. The number of oxime groups is 1. The van der Waals surface area contributed by atoms with Gasteiger partial charge in [-0.2, -0.15) is 0 Å². The van der Waals surface area contributed by atoms with Crippen LogP contribution in [0.15, 0.2) is 35.5 Å². The Balaban J connectivity index is 1.80. The Morgan fingerprint density at radius 1 is 1.55 bits per heavy atom. The average molecular weight is 277 g/mol. The fourth-order valence-electron chi connectivity index (χ4n) is 2.12. The average Bonchev–Trinajstić information content (AvgIpc) is 2.94. The highest BCUT2D eigenvalue weighted by molar-refractivity contribution is 5.96. The van der Waals surface area contributed by atoms with E-state index in [4.69, 9.17) is 0 Å². The molecule has 3 N–H and O–H groups in total. The van der Waals surface area contributed by atoms with Crippen molar-refractivity contribution in [2.24, 2.45) is 5.16 Å². The molecule has 1 fully saturated rings. The van der Waals surface area contributed by atoms with Crippen LogP contribution in [0.2, 0.25) is 0 Å². The van der Waals surface area contributed by atoms with Crippen molar-refractivity contribution >= 4 is 11.6 Å². The van der Waals surface area contributed by atoms with Crippen molar-refractivity contribution in [2.45, 2.75) is 18.6 Å². The molecule has 0 aliphatic carbocycles. The fraction of sp³-hybridized carbons (Fsp3) is 0.429. The highest BCUT2D eigenvalue weighted by Crippen LogP contribution is 2.11. The molecule has 6 nitrogen and oxygen atoms in total. The Hall–Kier alpha value is -1.92. The van der Waals surface area contributed by atoms with Crippen molar-refractivity contribution in [1.82, 2.24) is 10.6 Å². The summed E-state index contributed by atoms with van der Waals surface area (Å²) in [5.74, 6) is -0.138. The summed E-state index contributed by atoms with van der Waals surface area (Å²) in [5.41, 5.74) is 1.60. The first-order chi connectivity index (χ1) is 9.70. The number of hydrogen-bond acceptors (Lipinski definition) is 5. The highest BCUT2D eigenvalue weighted by Gasteiger charge is 2.27.